The van der Waals surface area contributed by atoms with Crippen LogP contribution in [0.25, 0.3) is 11.3 Å². The smallest absolute Gasteiger partial charge is 0.0969 e. The van der Waals surface area contributed by atoms with Crippen molar-refractivity contribution in [2.24, 2.45) is 7.05 Å². The largest absolute Gasteiger partial charge is 0.377 e. The van der Waals surface area contributed by atoms with Gasteiger partial charge in [-0.05, 0) is 36.2 Å². The molecule has 0 spiro atoms. The van der Waals surface area contributed by atoms with Crippen molar-refractivity contribution in [3.8, 4) is 11.3 Å². The van der Waals surface area contributed by atoms with E-state index in [1.165, 1.54) is 22.4 Å². The fourth-order valence-corrected chi connectivity index (χ4v) is 3.09. The van der Waals surface area contributed by atoms with Crippen LogP contribution in [0, 0.1) is 6.92 Å². The maximum Gasteiger partial charge on any atom is 0.0969 e. The van der Waals surface area contributed by atoms with Crippen molar-refractivity contribution in [1.82, 2.24) is 20.1 Å². The molecule has 0 fully saturated rings. The van der Waals surface area contributed by atoms with Gasteiger partial charge in [0.05, 0.1) is 5.69 Å². The second kappa shape index (κ2) is 7.49. The Balaban J connectivity index is 1.68. The summed E-state index contributed by atoms with van der Waals surface area (Å²) in [5, 5.41) is 8.13. The van der Waals surface area contributed by atoms with Crippen LogP contribution in [0.1, 0.15) is 16.7 Å². The minimum Gasteiger partial charge on any atom is -0.377 e. The summed E-state index contributed by atoms with van der Waals surface area (Å²) in [6.45, 7) is 3.76. The molecular weight excluding hydrogens is 310 g/mol. The Kier molecular flexibility index (Phi) is 5.14. The number of benzene rings is 1. The van der Waals surface area contributed by atoms with Gasteiger partial charge in [-0.2, -0.15) is 5.10 Å². The van der Waals surface area contributed by atoms with Crippen LogP contribution >= 0.6 is 0 Å². The van der Waals surface area contributed by atoms with Crippen molar-refractivity contribution in [2.75, 3.05) is 19.0 Å². The third-order valence-electron chi connectivity index (χ3n) is 4.25. The highest BCUT2D eigenvalue weighted by molar-refractivity contribution is 5.62. The van der Waals surface area contributed by atoms with Crippen molar-refractivity contribution >= 4 is 5.69 Å². The third-order valence-corrected chi connectivity index (χ3v) is 4.25. The zero-order chi connectivity index (χ0) is 17.8. The summed E-state index contributed by atoms with van der Waals surface area (Å²) in [5.74, 6) is 0. The van der Waals surface area contributed by atoms with Gasteiger partial charge in [-0.3, -0.25) is 9.67 Å². The number of pyridine rings is 1. The molecule has 0 aliphatic carbocycles. The van der Waals surface area contributed by atoms with E-state index in [1.807, 2.05) is 23.9 Å². The molecule has 0 bridgehead atoms. The highest BCUT2D eigenvalue weighted by atomic mass is 15.3. The van der Waals surface area contributed by atoms with Gasteiger partial charge in [-0.25, -0.2) is 0 Å². The van der Waals surface area contributed by atoms with Gasteiger partial charge in [0.1, 0.15) is 0 Å². The van der Waals surface area contributed by atoms with Crippen LogP contribution in [-0.2, 0) is 20.1 Å². The van der Waals surface area contributed by atoms with Crippen LogP contribution in [0.5, 0.6) is 0 Å². The van der Waals surface area contributed by atoms with Gasteiger partial charge in [-0.1, -0.05) is 12.1 Å². The van der Waals surface area contributed by atoms with Gasteiger partial charge in [0.15, 0.2) is 0 Å². The van der Waals surface area contributed by atoms with Crippen LogP contribution in [0.2, 0.25) is 0 Å². The van der Waals surface area contributed by atoms with E-state index in [0.29, 0.717) is 0 Å². The Morgan fingerprint density at radius 3 is 2.52 bits per heavy atom. The predicted molar refractivity (Wildman–Crippen MR) is 102 cm³/mol. The fraction of sp³-hybridized carbons (Fsp3) is 0.300. The molecule has 1 N–H and O–H groups in total. The minimum absolute atomic E-state index is 0.778. The monoisotopic (exact) mass is 335 g/mol. The van der Waals surface area contributed by atoms with Crippen LogP contribution < -0.4 is 10.2 Å². The average molecular weight is 335 g/mol. The van der Waals surface area contributed by atoms with Gasteiger partial charge in [0.25, 0.3) is 0 Å². The van der Waals surface area contributed by atoms with Crippen LogP contribution in [-0.4, -0.2) is 28.9 Å². The SMILES string of the molecule is Cc1cc(CNCc2cn(C)nc2-c2ccncc2)ccc1N(C)C. The molecule has 0 radical (unpaired) electrons. The quantitative estimate of drug-likeness (QED) is 0.752. The van der Waals surface area contributed by atoms with Crippen molar-refractivity contribution in [2.45, 2.75) is 20.0 Å². The van der Waals surface area contributed by atoms with E-state index < -0.39 is 0 Å². The highest BCUT2D eigenvalue weighted by Gasteiger charge is 2.10. The predicted octanol–water partition coefficient (Wildman–Crippen LogP) is 3.15. The Labute approximate surface area is 149 Å². The maximum absolute atomic E-state index is 4.60. The zero-order valence-corrected chi connectivity index (χ0v) is 15.3. The summed E-state index contributed by atoms with van der Waals surface area (Å²) in [6, 6.07) is 10.6. The van der Waals surface area contributed by atoms with E-state index in [0.717, 1.165) is 24.3 Å². The van der Waals surface area contributed by atoms with Crippen LogP contribution in [0.4, 0.5) is 5.69 Å². The lowest BCUT2D eigenvalue weighted by molar-refractivity contribution is 0.692. The van der Waals surface area contributed by atoms with Crippen molar-refractivity contribution in [3.05, 3.63) is 65.6 Å². The van der Waals surface area contributed by atoms with Crippen molar-refractivity contribution < 1.29 is 0 Å². The maximum atomic E-state index is 4.60. The standard InChI is InChI=1S/C20H25N5/c1-15-11-16(5-6-19(15)24(2)3)12-22-13-18-14-25(4)23-20(18)17-7-9-21-10-8-17/h5-11,14,22H,12-13H2,1-4H3. The van der Waals surface area contributed by atoms with Crippen LogP contribution in [0.3, 0.4) is 0 Å². The molecule has 2 aromatic heterocycles. The number of aromatic nitrogens is 3. The Bertz CT molecular complexity index is 837. The summed E-state index contributed by atoms with van der Waals surface area (Å²) in [4.78, 5) is 6.23. The molecule has 0 amide bonds. The molecule has 0 aliphatic heterocycles. The number of rotatable bonds is 6. The number of hydrogen-bond acceptors (Lipinski definition) is 4. The van der Waals surface area contributed by atoms with Crippen molar-refractivity contribution in [1.29, 1.82) is 0 Å². The summed E-state index contributed by atoms with van der Waals surface area (Å²) >= 11 is 0. The first-order chi connectivity index (χ1) is 12.0. The lowest BCUT2D eigenvalue weighted by atomic mass is 10.1. The molecule has 0 saturated heterocycles. The number of hydrogen-bond donors (Lipinski definition) is 1. The summed E-state index contributed by atoms with van der Waals surface area (Å²) in [5.41, 5.74) is 7.14. The van der Waals surface area contributed by atoms with E-state index in [4.69, 9.17) is 0 Å². The molecule has 25 heavy (non-hydrogen) atoms. The molecular formula is C20H25N5. The molecule has 3 rings (SSSR count). The molecule has 1 aromatic carbocycles. The lowest BCUT2D eigenvalue weighted by Crippen LogP contribution is -2.14. The normalized spacial score (nSPS) is 10.9. The van der Waals surface area contributed by atoms with Gasteiger partial charge < -0.3 is 10.2 Å². The Hall–Kier alpha value is -2.66. The van der Waals surface area contributed by atoms with Gasteiger partial charge in [0, 0.05) is 69.6 Å². The third kappa shape index (κ3) is 4.06. The molecule has 0 saturated carbocycles. The zero-order valence-electron chi connectivity index (χ0n) is 15.3. The van der Waals surface area contributed by atoms with Gasteiger partial charge in [0.2, 0.25) is 0 Å². The molecule has 130 valence electrons. The molecule has 5 nitrogen and oxygen atoms in total. The van der Waals surface area contributed by atoms with E-state index >= 15 is 0 Å². The summed E-state index contributed by atoms with van der Waals surface area (Å²) in [7, 11) is 6.10. The Morgan fingerprint density at radius 1 is 1.08 bits per heavy atom. The number of nitrogens with zero attached hydrogens (tertiary/aromatic N) is 4. The topological polar surface area (TPSA) is 46.0 Å². The number of aryl methyl sites for hydroxylation is 2. The molecule has 0 atom stereocenters. The first-order valence-electron chi connectivity index (χ1n) is 8.45. The molecule has 2 heterocycles. The number of anilines is 1. The van der Waals surface area contributed by atoms with Crippen molar-refractivity contribution in [3.63, 3.8) is 0 Å². The van der Waals surface area contributed by atoms with E-state index in [-0.39, 0.29) is 0 Å². The number of nitrogens with one attached hydrogen (secondary N) is 1. The molecule has 5 heteroatoms. The second-order valence-electron chi connectivity index (χ2n) is 6.53. The van der Waals surface area contributed by atoms with E-state index in [9.17, 15) is 0 Å². The molecule has 0 unspecified atom stereocenters. The van der Waals surface area contributed by atoms with Gasteiger partial charge in [-0.15, -0.1) is 0 Å². The van der Waals surface area contributed by atoms with E-state index in [1.54, 1.807) is 12.4 Å². The average Bonchev–Trinajstić information content (AvgIpc) is 2.96. The highest BCUT2D eigenvalue weighted by Crippen LogP contribution is 2.22. The first kappa shape index (κ1) is 17.2. The fourth-order valence-electron chi connectivity index (χ4n) is 3.09. The van der Waals surface area contributed by atoms with Crippen LogP contribution in [0.15, 0.2) is 48.9 Å². The second-order valence-corrected chi connectivity index (χ2v) is 6.53. The van der Waals surface area contributed by atoms with E-state index in [2.05, 4.69) is 65.7 Å². The lowest BCUT2D eigenvalue weighted by Gasteiger charge is -2.16. The van der Waals surface area contributed by atoms with Gasteiger partial charge >= 0.3 is 0 Å². The molecule has 3 aromatic rings. The first-order valence-corrected chi connectivity index (χ1v) is 8.45. The summed E-state index contributed by atoms with van der Waals surface area (Å²) < 4.78 is 1.86. The Morgan fingerprint density at radius 2 is 1.84 bits per heavy atom. The minimum atomic E-state index is 0.778. The molecule has 0 aliphatic rings. The summed E-state index contributed by atoms with van der Waals surface area (Å²) in [6.07, 6.45) is 5.68.